The van der Waals surface area contributed by atoms with Crippen LogP contribution in [-0.2, 0) is 4.74 Å². The van der Waals surface area contributed by atoms with E-state index in [0.717, 1.165) is 24.2 Å². The summed E-state index contributed by atoms with van der Waals surface area (Å²) in [6.07, 6.45) is 2.44. The molecule has 98 valence electrons. The predicted molar refractivity (Wildman–Crippen MR) is 73.3 cm³/mol. The summed E-state index contributed by atoms with van der Waals surface area (Å²) in [5, 5.41) is 10.5. The van der Waals surface area contributed by atoms with E-state index < -0.39 is 6.10 Å². The van der Waals surface area contributed by atoms with Crippen LogP contribution >= 0.6 is 0 Å². The van der Waals surface area contributed by atoms with E-state index in [0.29, 0.717) is 0 Å². The van der Waals surface area contributed by atoms with E-state index in [-0.39, 0.29) is 11.5 Å². The van der Waals surface area contributed by atoms with Gasteiger partial charge in [0.1, 0.15) is 6.10 Å². The van der Waals surface area contributed by atoms with Crippen LogP contribution in [0.4, 0.5) is 0 Å². The summed E-state index contributed by atoms with van der Waals surface area (Å²) in [5.41, 5.74) is 1.95. The molecule has 1 aliphatic rings. The lowest BCUT2D eigenvalue weighted by Gasteiger charge is -2.34. The zero-order valence-electron chi connectivity index (χ0n) is 11.4. The highest BCUT2D eigenvalue weighted by atomic mass is 16.5. The zero-order valence-corrected chi connectivity index (χ0v) is 11.4. The van der Waals surface area contributed by atoms with Crippen molar-refractivity contribution in [2.45, 2.75) is 39.4 Å². The van der Waals surface area contributed by atoms with Crippen molar-refractivity contribution in [3.63, 3.8) is 0 Å². The highest BCUT2D eigenvalue weighted by molar-refractivity contribution is 5.30. The fourth-order valence-corrected chi connectivity index (χ4v) is 2.29. The maximum atomic E-state index is 10.5. The van der Waals surface area contributed by atoms with Crippen molar-refractivity contribution in [1.82, 2.24) is 0 Å². The average Bonchev–Trinajstić information content (AvgIpc) is 2.38. The first-order valence-corrected chi connectivity index (χ1v) is 6.54. The number of aliphatic hydroxyl groups is 1. The molecular weight excluding hydrogens is 224 g/mol. The maximum absolute atomic E-state index is 10.5. The van der Waals surface area contributed by atoms with Gasteiger partial charge in [-0.05, 0) is 23.0 Å². The van der Waals surface area contributed by atoms with Crippen LogP contribution in [0.1, 0.15) is 38.9 Å². The molecule has 0 saturated carbocycles. The van der Waals surface area contributed by atoms with Gasteiger partial charge in [0.15, 0.2) is 0 Å². The van der Waals surface area contributed by atoms with E-state index in [2.05, 4.69) is 39.0 Å². The van der Waals surface area contributed by atoms with Crippen molar-refractivity contribution in [3.05, 3.63) is 47.5 Å². The zero-order chi connectivity index (χ0) is 13.2. The molecule has 1 aliphatic heterocycles. The van der Waals surface area contributed by atoms with Crippen molar-refractivity contribution < 1.29 is 9.84 Å². The van der Waals surface area contributed by atoms with Gasteiger partial charge in [0.05, 0.1) is 12.7 Å². The van der Waals surface area contributed by atoms with Crippen molar-refractivity contribution in [2.75, 3.05) is 6.61 Å². The molecule has 2 rings (SSSR count). The van der Waals surface area contributed by atoms with Gasteiger partial charge in [-0.25, -0.2) is 0 Å². The average molecular weight is 246 g/mol. The molecule has 2 unspecified atom stereocenters. The number of rotatable bonds is 2. The smallest absolute Gasteiger partial charge is 0.106 e. The predicted octanol–water partition coefficient (Wildman–Crippen LogP) is 3.48. The maximum Gasteiger partial charge on any atom is 0.106 e. The van der Waals surface area contributed by atoms with E-state index >= 15 is 0 Å². The topological polar surface area (TPSA) is 29.5 Å². The Labute approximate surface area is 109 Å². The second-order valence-electron chi connectivity index (χ2n) is 5.92. The molecule has 1 N–H and O–H groups in total. The van der Waals surface area contributed by atoms with Crippen LogP contribution in [0.3, 0.4) is 0 Å². The molecule has 0 saturated heterocycles. The highest BCUT2D eigenvalue weighted by Crippen LogP contribution is 2.37. The van der Waals surface area contributed by atoms with E-state index in [4.69, 9.17) is 4.74 Å². The molecule has 0 amide bonds. The summed E-state index contributed by atoms with van der Waals surface area (Å²) >= 11 is 0. The second kappa shape index (κ2) is 5.25. The van der Waals surface area contributed by atoms with E-state index in [1.165, 1.54) is 0 Å². The Hall–Kier alpha value is -1.12. The molecule has 18 heavy (non-hydrogen) atoms. The summed E-state index contributed by atoms with van der Waals surface area (Å²) in [6.45, 7) is 6.87. The minimum absolute atomic E-state index is 0.103. The fourth-order valence-electron chi connectivity index (χ4n) is 2.29. The van der Waals surface area contributed by atoms with E-state index in [9.17, 15) is 5.11 Å². The third kappa shape index (κ3) is 2.82. The van der Waals surface area contributed by atoms with Crippen molar-refractivity contribution in [2.24, 2.45) is 5.41 Å². The third-order valence-corrected chi connectivity index (χ3v) is 3.32. The van der Waals surface area contributed by atoms with Gasteiger partial charge in [0.2, 0.25) is 0 Å². The SMILES string of the molecule is CC(C)(C)C(O)C1=CCCOC1c1ccccc1. The van der Waals surface area contributed by atoms with Crippen LogP contribution in [0.2, 0.25) is 0 Å². The summed E-state index contributed by atoms with van der Waals surface area (Å²) in [5.74, 6) is 0. The highest BCUT2D eigenvalue weighted by Gasteiger charge is 2.32. The number of aliphatic hydroxyl groups excluding tert-OH is 1. The van der Waals surface area contributed by atoms with E-state index in [1.807, 2.05) is 18.2 Å². The van der Waals surface area contributed by atoms with Crippen LogP contribution in [0.25, 0.3) is 0 Å². The first-order valence-electron chi connectivity index (χ1n) is 6.54. The number of hydrogen-bond donors (Lipinski definition) is 1. The quantitative estimate of drug-likeness (QED) is 0.809. The summed E-state index contributed by atoms with van der Waals surface area (Å²) in [4.78, 5) is 0. The van der Waals surface area contributed by atoms with Crippen LogP contribution in [-0.4, -0.2) is 17.8 Å². The van der Waals surface area contributed by atoms with Gasteiger partial charge >= 0.3 is 0 Å². The molecule has 2 heteroatoms. The van der Waals surface area contributed by atoms with Crippen molar-refractivity contribution in [3.8, 4) is 0 Å². The van der Waals surface area contributed by atoms with Crippen LogP contribution in [0.15, 0.2) is 42.0 Å². The molecule has 1 heterocycles. The molecule has 1 aromatic carbocycles. The Morgan fingerprint density at radius 3 is 2.50 bits per heavy atom. The van der Waals surface area contributed by atoms with Crippen LogP contribution < -0.4 is 0 Å². The first-order chi connectivity index (χ1) is 8.50. The lowest BCUT2D eigenvalue weighted by atomic mass is 9.80. The molecule has 0 aromatic heterocycles. The fraction of sp³-hybridized carbons (Fsp3) is 0.500. The lowest BCUT2D eigenvalue weighted by Crippen LogP contribution is -2.32. The van der Waals surface area contributed by atoms with E-state index in [1.54, 1.807) is 0 Å². The van der Waals surface area contributed by atoms with Gasteiger partial charge in [0, 0.05) is 0 Å². The van der Waals surface area contributed by atoms with Crippen molar-refractivity contribution >= 4 is 0 Å². The van der Waals surface area contributed by atoms with Gasteiger partial charge in [-0.1, -0.05) is 57.2 Å². The monoisotopic (exact) mass is 246 g/mol. The van der Waals surface area contributed by atoms with Crippen LogP contribution in [0.5, 0.6) is 0 Å². The standard InChI is InChI=1S/C16H22O2/c1-16(2,3)15(17)13-10-7-11-18-14(13)12-8-5-4-6-9-12/h4-6,8-10,14-15,17H,7,11H2,1-3H3. The minimum atomic E-state index is -0.469. The van der Waals surface area contributed by atoms with Crippen LogP contribution in [0, 0.1) is 5.41 Å². The van der Waals surface area contributed by atoms with Crippen molar-refractivity contribution in [1.29, 1.82) is 0 Å². The lowest BCUT2D eigenvalue weighted by molar-refractivity contribution is 0.0199. The summed E-state index contributed by atoms with van der Waals surface area (Å²) in [6, 6.07) is 10.1. The van der Waals surface area contributed by atoms with Gasteiger partial charge in [-0.15, -0.1) is 0 Å². The molecule has 0 aliphatic carbocycles. The molecule has 2 nitrogen and oxygen atoms in total. The normalized spacial score (nSPS) is 22.4. The Morgan fingerprint density at radius 1 is 1.22 bits per heavy atom. The van der Waals surface area contributed by atoms with Gasteiger partial charge in [-0.3, -0.25) is 0 Å². The Balaban J connectivity index is 2.30. The minimum Gasteiger partial charge on any atom is -0.388 e. The van der Waals surface area contributed by atoms with Gasteiger partial charge < -0.3 is 9.84 Å². The summed E-state index contributed by atoms with van der Waals surface area (Å²) in [7, 11) is 0. The Kier molecular flexibility index (Phi) is 3.88. The molecule has 0 radical (unpaired) electrons. The summed E-state index contributed by atoms with van der Waals surface area (Å²) < 4.78 is 5.86. The Morgan fingerprint density at radius 2 is 1.89 bits per heavy atom. The third-order valence-electron chi connectivity index (χ3n) is 3.32. The number of ether oxygens (including phenoxy) is 1. The largest absolute Gasteiger partial charge is 0.388 e. The van der Waals surface area contributed by atoms with Gasteiger partial charge in [-0.2, -0.15) is 0 Å². The molecule has 0 fully saturated rings. The second-order valence-corrected chi connectivity index (χ2v) is 5.92. The molecule has 1 aromatic rings. The Bertz CT molecular complexity index is 414. The number of hydrogen-bond acceptors (Lipinski definition) is 2. The molecular formula is C16H22O2. The molecule has 2 atom stereocenters. The molecule has 0 spiro atoms. The number of benzene rings is 1. The first kappa shape index (κ1) is 13.3. The van der Waals surface area contributed by atoms with Gasteiger partial charge in [0.25, 0.3) is 0 Å². The molecule has 0 bridgehead atoms.